The average Bonchev–Trinajstić information content (AvgIpc) is 3.17. The van der Waals surface area contributed by atoms with E-state index in [0.29, 0.717) is 13.8 Å². The third kappa shape index (κ3) is 10.3. The topological polar surface area (TPSA) is 0 Å². The van der Waals surface area contributed by atoms with Gasteiger partial charge < -0.3 is 0 Å². The van der Waals surface area contributed by atoms with E-state index in [1.165, 1.54) is 55.6 Å². The molecule has 0 unspecified atom stereocenters. The molecule has 0 amide bonds. The first-order valence-corrected chi connectivity index (χ1v) is 17.7. The van der Waals surface area contributed by atoms with Gasteiger partial charge in [0.1, 0.15) is 0 Å². The number of halogens is 8. The van der Waals surface area contributed by atoms with Crippen LogP contribution in [0.25, 0.3) is 35.4 Å². The maximum absolute atomic E-state index is 13.8. The number of aryl methyl sites for hydroxylation is 6. The molecule has 0 nitrogen and oxygen atoms in total. The summed E-state index contributed by atoms with van der Waals surface area (Å²) in [5.74, 6) is -16.3. The molecule has 56 heavy (non-hydrogen) atoms. The van der Waals surface area contributed by atoms with E-state index >= 15 is 0 Å². The van der Waals surface area contributed by atoms with Crippen molar-refractivity contribution < 1.29 is 35.1 Å². The summed E-state index contributed by atoms with van der Waals surface area (Å²) in [5, 5.41) is 0. The summed E-state index contributed by atoms with van der Waals surface area (Å²) in [6, 6.07) is 30.2. The van der Waals surface area contributed by atoms with Gasteiger partial charge in [-0.1, -0.05) is 131 Å². The minimum Gasteiger partial charge on any atom is -0.203 e. The lowest BCUT2D eigenvalue weighted by molar-refractivity contribution is 0.433. The molecule has 6 aromatic rings. The third-order valence-corrected chi connectivity index (χ3v) is 9.13. The van der Waals surface area contributed by atoms with Crippen LogP contribution in [-0.2, 0) is 0 Å². The Kier molecular flexibility index (Phi) is 14.4. The van der Waals surface area contributed by atoms with Gasteiger partial charge in [-0.25, -0.2) is 35.1 Å². The molecule has 0 saturated heterocycles. The molecular weight excluding hydrogens is 729 g/mol. The summed E-state index contributed by atoms with van der Waals surface area (Å²) in [6.07, 6.45) is 8.69. The molecule has 0 saturated carbocycles. The van der Waals surface area contributed by atoms with Crippen LogP contribution in [0.5, 0.6) is 0 Å². The Bertz CT molecular complexity index is 2180. The van der Waals surface area contributed by atoms with Gasteiger partial charge in [0.25, 0.3) is 0 Å². The Morgan fingerprint density at radius 1 is 0.304 bits per heavy atom. The molecule has 0 spiro atoms. The molecule has 0 aliphatic heterocycles. The molecule has 290 valence electrons. The Hall–Kier alpha value is -5.76. The molecule has 0 fully saturated rings. The fourth-order valence-electron chi connectivity index (χ4n) is 5.67. The zero-order chi connectivity index (χ0) is 41.4. The van der Waals surface area contributed by atoms with Gasteiger partial charge in [-0.2, -0.15) is 0 Å². The highest BCUT2D eigenvalue weighted by Gasteiger charge is 2.32. The summed E-state index contributed by atoms with van der Waals surface area (Å²) in [6.45, 7) is 14.2. The van der Waals surface area contributed by atoms with Crippen molar-refractivity contribution in [2.24, 2.45) is 0 Å². The second-order valence-electron chi connectivity index (χ2n) is 13.7. The van der Waals surface area contributed by atoms with Crippen LogP contribution in [0, 0.1) is 102 Å². The second-order valence-corrected chi connectivity index (χ2v) is 13.7. The molecule has 6 aromatic carbocycles. The van der Waals surface area contributed by atoms with Crippen molar-refractivity contribution in [1.82, 2.24) is 0 Å². The van der Waals surface area contributed by atoms with E-state index in [4.69, 9.17) is 0 Å². The molecule has 0 aromatic heterocycles. The minimum absolute atomic E-state index is 0.684. The molecule has 0 aliphatic rings. The quantitative estimate of drug-likeness (QED) is 0.0930. The largest absolute Gasteiger partial charge is 0.203 e. The average molecular weight is 771 g/mol. The lowest BCUT2D eigenvalue weighted by atomic mass is 9.98. The van der Waals surface area contributed by atoms with Crippen LogP contribution >= 0.6 is 0 Å². The first-order chi connectivity index (χ1) is 26.4. The number of hydrogen-bond donors (Lipinski definition) is 0. The van der Waals surface area contributed by atoms with Crippen molar-refractivity contribution >= 4 is 24.3 Å². The van der Waals surface area contributed by atoms with E-state index in [9.17, 15) is 35.1 Å². The maximum Gasteiger partial charge on any atom is 0.170 e. The van der Waals surface area contributed by atoms with Crippen molar-refractivity contribution in [3.63, 3.8) is 0 Å². The SMILES string of the molecule is Cc1c(F)c(F)c(-c2c(F)c(F)c(C)c(F)c2F)c(F)c1F.Cc1ccc(/C=C/c2ccc(C)cc2)cc1.Cc1ccc(/C=C/c2ccc(C)cc2C)c(C)c1. The lowest BCUT2D eigenvalue weighted by Crippen LogP contribution is -2.09. The lowest BCUT2D eigenvalue weighted by Gasteiger charge is -2.13. The molecule has 0 aliphatic carbocycles. The van der Waals surface area contributed by atoms with Gasteiger partial charge in [0.2, 0.25) is 0 Å². The highest BCUT2D eigenvalue weighted by atomic mass is 19.2. The first kappa shape index (κ1) is 43.0. The standard InChI is InChI=1S/C18H20.C16H16.C14H6F8/c1-13-5-7-17(15(3)11-13)9-10-18-8-6-14(2)12-16(18)4;1-13-3-7-15(8-4-13)11-12-16-9-5-14(2)6-10-16;1-3-7(15)11(19)5(12(20)8(3)16)6-13(21)9(17)4(2)10(18)14(6)22/h5-12H,1-4H3;3-12H,1-2H3;1-2H3/b10-9+;12-11+;. The fraction of sp³-hybridized carbons (Fsp3) is 0.167. The third-order valence-electron chi connectivity index (χ3n) is 9.13. The second kappa shape index (κ2) is 18.7. The molecule has 0 atom stereocenters. The van der Waals surface area contributed by atoms with Gasteiger partial charge in [0.05, 0.1) is 11.1 Å². The highest BCUT2D eigenvalue weighted by molar-refractivity contribution is 5.73. The Labute approximate surface area is 323 Å². The van der Waals surface area contributed by atoms with E-state index in [1.54, 1.807) is 0 Å². The van der Waals surface area contributed by atoms with Crippen LogP contribution in [0.3, 0.4) is 0 Å². The van der Waals surface area contributed by atoms with E-state index in [1.807, 2.05) is 0 Å². The fourth-order valence-corrected chi connectivity index (χ4v) is 5.67. The summed E-state index contributed by atoms with van der Waals surface area (Å²) in [5.41, 5.74) is 7.10. The van der Waals surface area contributed by atoms with E-state index in [-0.39, 0.29) is 0 Å². The number of hydrogen-bond acceptors (Lipinski definition) is 0. The molecular formula is C48H42F8. The van der Waals surface area contributed by atoms with Crippen molar-refractivity contribution in [1.29, 1.82) is 0 Å². The van der Waals surface area contributed by atoms with Crippen LogP contribution in [0.1, 0.15) is 66.8 Å². The first-order valence-electron chi connectivity index (χ1n) is 17.7. The monoisotopic (exact) mass is 770 g/mol. The zero-order valence-corrected chi connectivity index (χ0v) is 32.4. The minimum atomic E-state index is -2.16. The van der Waals surface area contributed by atoms with Crippen molar-refractivity contribution in [3.8, 4) is 11.1 Å². The smallest absolute Gasteiger partial charge is 0.170 e. The molecule has 8 heteroatoms. The Balaban J connectivity index is 0.000000189. The molecule has 0 bridgehead atoms. The summed E-state index contributed by atoms with van der Waals surface area (Å²) in [4.78, 5) is 0. The van der Waals surface area contributed by atoms with Crippen LogP contribution in [0.2, 0.25) is 0 Å². The molecule has 6 rings (SSSR count). The van der Waals surface area contributed by atoms with Crippen molar-refractivity contribution in [2.45, 2.75) is 55.4 Å². The van der Waals surface area contributed by atoms with Gasteiger partial charge in [-0.05, 0) is 88.8 Å². The number of rotatable bonds is 5. The van der Waals surface area contributed by atoms with Gasteiger partial charge in [0.15, 0.2) is 46.5 Å². The van der Waals surface area contributed by atoms with Gasteiger partial charge in [0, 0.05) is 11.1 Å². The van der Waals surface area contributed by atoms with Crippen LogP contribution in [0.4, 0.5) is 35.1 Å². The van der Waals surface area contributed by atoms with Gasteiger partial charge >= 0.3 is 0 Å². The van der Waals surface area contributed by atoms with Crippen LogP contribution in [0.15, 0.2) is 84.9 Å². The maximum atomic E-state index is 13.8. The summed E-state index contributed by atoms with van der Waals surface area (Å²) >= 11 is 0. The van der Waals surface area contributed by atoms with Gasteiger partial charge in [-0.3, -0.25) is 0 Å². The summed E-state index contributed by atoms with van der Waals surface area (Å²) in [7, 11) is 0. The molecule has 0 heterocycles. The normalized spacial score (nSPS) is 11.1. The highest BCUT2D eigenvalue weighted by Crippen LogP contribution is 2.37. The Morgan fingerprint density at radius 3 is 0.839 bits per heavy atom. The van der Waals surface area contributed by atoms with Crippen LogP contribution in [-0.4, -0.2) is 0 Å². The number of benzene rings is 6. The van der Waals surface area contributed by atoms with E-state index in [2.05, 4.69) is 151 Å². The predicted octanol–water partition coefficient (Wildman–Crippen LogP) is 14.6. The predicted molar refractivity (Wildman–Crippen MR) is 213 cm³/mol. The molecule has 0 N–H and O–H groups in total. The van der Waals surface area contributed by atoms with E-state index < -0.39 is 68.8 Å². The van der Waals surface area contributed by atoms with Crippen LogP contribution < -0.4 is 0 Å². The van der Waals surface area contributed by atoms with Crippen molar-refractivity contribution in [3.05, 3.63) is 198 Å². The molecule has 0 radical (unpaired) electrons. The Morgan fingerprint density at radius 2 is 0.571 bits per heavy atom. The summed E-state index contributed by atoms with van der Waals surface area (Å²) < 4.78 is 109. The van der Waals surface area contributed by atoms with Crippen molar-refractivity contribution in [2.75, 3.05) is 0 Å². The zero-order valence-electron chi connectivity index (χ0n) is 32.4. The van der Waals surface area contributed by atoms with E-state index in [0.717, 1.165) is 0 Å². The van der Waals surface area contributed by atoms with Gasteiger partial charge in [-0.15, -0.1) is 0 Å².